The van der Waals surface area contributed by atoms with Crippen molar-refractivity contribution < 1.29 is 8.78 Å². The van der Waals surface area contributed by atoms with Gasteiger partial charge in [-0.2, -0.15) is 5.10 Å². The van der Waals surface area contributed by atoms with Crippen LogP contribution in [-0.2, 0) is 0 Å². The van der Waals surface area contributed by atoms with Crippen LogP contribution in [0.25, 0.3) is 16.9 Å². The van der Waals surface area contributed by atoms with Crippen LogP contribution in [0.5, 0.6) is 0 Å². The van der Waals surface area contributed by atoms with E-state index in [-0.39, 0.29) is 5.69 Å². The molecule has 2 aromatic heterocycles. The highest BCUT2D eigenvalue weighted by atomic mass is 19.1. The minimum atomic E-state index is -0.700. The van der Waals surface area contributed by atoms with Crippen molar-refractivity contribution in [3.05, 3.63) is 60.6 Å². The largest absolute Gasteiger partial charge is 0.396 e. The number of benzene rings is 1. The predicted molar refractivity (Wildman–Crippen MR) is 71.1 cm³/mol. The van der Waals surface area contributed by atoms with Crippen LogP contribution in [0.15, 0.2) is 48.9 Å². The predicted octanol–water partition coefficient (Wildman–Crippen LogP) is 2.79. The zero-order valence-corrected chi connectivity index (χ0v) is 10.3. The van der Waals surface area contributed by atoms with E-state index in [0.717, 1.165) is 11.6 Å². The summed E-state index contributed by atoms with van der Waals surface area (Å²) in [5, 5.41) is 4.24. The second kappa shape index (κ2) is 4.73. The first-order valence-corrected chi connectivity index (χ1v) is 5.86. The van der Waals surface area contributed by atoms with Gasteiger partial charge in [0.05, 0.1) is 11.9 Å². The molecule has 0 atom stereocenters. The van der Waals surface area contributed by atoms with E-state index in [9.17, 15) is 8.78 Å². The van der Waals surface area contributed by atoms with Crippen LogP contribution < -0.4 is 5.73 Å². The molecule has 0 unspecified atom stereocenters. The molecule has 0 bridgehead atoms. The Morgan fingerprint density at radius 2 is 1.80 bits per heavy atom. The molecular formula is C14H10F2N4. The molecule has 6 heteroatoms. The number of nitrogens with zero attached hydrogens (tertiary/aromatic N) is 3. The fourth-order valence-corrected chi connectivity index (χ4v) is 1.91. The average Bonchev–Trinajstić information content (AvgIpc) is 2.81. The summed E-state index contributed by atoms with van der Waals surface area (Å²) in [6.07, 6.45) is 4.73. The van der Waals surface area contributed by atoms with E-state index in [0.29, 0.717) is 11.4 Å². The molecule has 4 nitrogen and oxygen atoms in total. The molecule has 0 radical (unpaired) electrons. The van der Waals surface area contributed by atoms with E-state index in [2.05, 4.69) is 10.1 Å². The first-order chi connectivity index (χ1) is 9.65. The SMILES string of the molecule is Nc1cn(-c2ccc(F)cc2F)nc1-c1ccncc1. The molecule has 2 heterocycles. The Balaban J connectivity index is 2.09. The Kier molecular flexibility index (Phi) is 2.90. The lowest BCUT2D eigenvalue weighted by atomic mass is 10.2. The second-order valence-electron chi connectivity index (χ2n) is 4.21. The number of aromatic nitrogens is 3. The molecule has 3 aromatic rings. The number of anilines is 1. The maximum absolute atomic E-state index is 13.7. The lowest BCUT2D eigenvalue weighted by Crippen LogP contribution is -1.99. The van der Waals surface area contributed by atoms with Crippen LogP contribution in [0.1, 0.15) is 0 Å². The molecule has 1 aromatic carbocycles. The van der Waals surface area contributed by atoms with Crippen molar-refractivity contribution in [3.63, 3.8) is 0 Å². The maximum Gasteiger partial charge on any atom is 0.151 e. The summed E-state index contributed by atoms with van der Waals surface area (Å²) < 4.78 is 27.9. The van der Waals surface area contributed by atoms with Crippen LogP contribution in [0.4, 0.5) is 14.5 Å². The fourth-order valence-electron chi connectivity index (χ4n) is 1.91. The van der Waals surface area contributed by atoms with Crippen LogP contribution >= 0.6 is 0 Å². The summed E-state index contributed by atoms with van der Waals surface area (Å²) in [5.74, 6) is -1.34. The molecule has 0 aliphatic rings. The fraction of sp³-hybridized carbons (Fsp3) is 0. The molecule has 2 N–H and O–H groups in total. The van der Waals surface area contributed by atoms with Crippen molar-refractivity contribution in [1.82, 2.24) is 14.8 Å². The number of nitrogens with two attached hydrogens (primary N) is 1. The highest BCUT2D eigenvalue weighted by Gasteiger charge is 2.12. The molecule has 0 saturated heterocycles. The first kappa shape index (κ1) is 12.3. The third-order valence-electron chi connectivity index (χ3n) is 2.85. The molecule has 3 rings (SSSR count). The van der Waals surface area contributed by atoms with Gasteiger partial charge in [-0.25, -0.2) is 13.5 Å². The standard InChI is InChI=1S/C14H10F2N4/c15-10-1-2-13(11(16)7-10)20-8-12(17)14(19-20)9-3-5-18-6-4-9/h1-8H,17H2. The van der Waals surface area contributed by atoms with Crippen molar-refractivity contribution in [1.29, 1.82) is 0 Å². The van der Waals surface area contributed by atoms with Crippen molar-refractivity contribution in [2.75, 3.05) is 5.73 Å². The van der Waals surface area contributed by atoms with E-state index in [4.69, 9.17) is 5.73 Å². The molecule has 100 valence electrons. The van der Waals surface area contributed by atoms with Gasteiger partial charge >= 0.3 is 0 Å². The van der Waals surface area contributed by atoms with Crippen LogP contribution in [0.3, 0.4) is 0 Å². The van der Waals surface area contributed by atoms with Gasteiger partial charge in [0.15, 0.2) is 5.82 Å². The van der Waals surface area contributed by atoms with E-state index in [1.807, 2.05) is 0 Å². The van der Waals surface area contributed by atoms with Crippen molar-refractivity contribution in [2.45, 2.75) is 0 Å². The minimum absolute atomic E-state index is 0.137. The van der Waals surface area contributed by atoms with Gasteiger partial charge < -0.3 is 5.73 Å². The zero-order chi connectivity index (χ0) is 14.1. The quantitative estimate of drug-likeness (QED) is 0.780. The van der Waals surface area contributed by atoms with Gasteiger partial charge in [-0.1, -0.05) is 0 Å². The van der Waals surface area contributed by atoms with Crippen LogP contribution in [0, 0.1) is 11.6 Å². The Morgan fingerprint density at radius 3 is 2.50 bits per heavy atom. The van der Waals surface area contributed by atoms with Crippen LogP contribution in [0.2, 0.25) is 0 Å². The first-order valence-electron chi connectivity index (χ1n) is 5.86. The summed E-state index contributed by atoms with van der Waals surface area (Å²) in [7, 11) is 0. The molecular weight excluding hydrogens is 262 g/mol. The van der Waals surface area contributed by atoms with E-state index >= 15 is 0 Å². The van der Waals surface area contributed by atoms with E-state index in [1.54, 1.807) is 24.5 Å². The van der Waals surface area contributed by atoms with Gasteiger partial charge in [0, 0.05) is 24.0 Å². The minimum Gasteiger partial charge on any atom is -0.396 e. The topological polar surface area (TPSA) is 56.7 Å². The third-order valence-corrected chi connectivity index (χ3v) is 2.85. The van der Waals surface area contributed by atoms with Gasteiger partial charge in [-0.05, 0) is 24.3 Å². The highest BCUT2D eigenvalue weighted by molar-refractivity contribution is 5.72. The molecule has 0 aliphatic carbocycles. The monoisotopic (exact) mass is 272 g/mol. The van der Waals surface area contributed by atoms with Crippen molar-refractivity contribution in [3.8, 4) is 16.9 Å². The number of rotatable bonds is 2. The zero-order valence-electron chi connectivity index (χ0n) is 10.3. The number of hydrogen-bond acceptors (Lipinski definition) is 3. The Morgan fingerprint density at radius 1 is 1.05 bits per heavy atom. The second-order valence-corrected chi connectivity index (χ2v) is 4.21. The summed E-state index contributed by atoms with van der Waals surface area (Å²) in [6, 6.07) is 6.79. The highest BCUT2D eigenvalue weighted by Crippen LogP contribution is 2.25. The lowest BCUT2D eigenvalue weighted by Gasteiger charge is -2.02. The maximum atomic E-state index is 13.7. The molecule has 0 saturated carbocycles. The number of pyridine rings is 1. The van der Waals surface area contributed by atoms with E-state index in [1.165, 1.54) is 23.0 Å². The summed E-state index contributed by atoms with van der Waals surface area (Å²) in [5.41, 5.74) is 7.73. The molecule has 0 spiro atoms. The van der Waals surface area contributed by atoms with E-state index < -0.39 is 11.6 Å². The number of hydrogen-bond donors (Lipinski definition) is 1. The summed E-state index contributed by atoms with van der Waals surface area (Å²) in [4.78, 5) is 3.91. The molecule has 0 amide bonds. The normalized spacial score (nSPS) is 10.7. The smallest absolute Gasteiger partial charge is 0.151 e. The Hall–Kier alpha value is -2.76. The molecule has 20 heavy (non-hydrogen) atoms. The van der Waals surface area contributed by atoms with Crippen molar-refractivity contribution in [2.24, 2.45) is 0 Å². The Labute approximate surface area is 113 Å². The van der Waals surface area contributed by atoms with Gasteiger partial charge in [0.25, 0.3) is 0 Å². The molecule has 0 aliphatic heterocycles. The summed E-state index contributed by atoms with van der Waals surface area (Å²) in [6.45, 7) is 0. The molecule has 0 fully saturated rings. The number of nitrogen functional groups attached to an aromatic ring is 1. The van der Waals surface area contributed by atoms with Gasteiger partial charge in [0.1, 0.15) is 17.2 Å². The van der Waals surface area contributed by atoms with Crippen molar-refractivity contribution >= 4 is 5.69 Å². The van der Waals surface area contributed by atoms with Gasteiger partial charge in [0.2, 0.25) is 0 Å². The average molecular weight is 272 g/mol. The number of halogens is 2. The van der Waals surface area contributed by atoms with Gasteiger partial charge in [-0.15, -0.1) is 0 Å². The summed E-state index contributed by atoms with van der Waals surface area (Å²) >= 11 is 0. The lowest BCUT2D eigenvalue weighted by molar-refractivity contribution is 0.574. The third kappa shape index (κ3) is 2.11. The Bertz CT molecular complexity index is 753. The van der Waals surface area contributed by atoms with Crippen LogP contribution in [-0.4, -0.2) is 14.8 Å². The van der Waals surface area contributed by atoms with Gasteiger partial charge in [-0.3, -0.25) is 4.98 Å².